The fourth-order valence-electron chi connectivity index (χ4n) is 2.62. The largest absolute Gasteiger partial charge is 0.316 e. The lowest BCUT2D eigenvalue weighted by Crippen LogP contribution is -2.32. The van der Waals surface area contributed by atoms with Crippen LogP contribution < -0.4 is 5.32 Å². The van der Waals surface area contributed by atoms with Crippen molar-refractivity contribution in [1.29, 1.82) is 0 Å². The highest BCUT2D eigenvalue weighted by Gasteiger charge is 2.08. The van der Waals surface area contributed by atoms with Crippen molar-refractivity contribution in [3.63, 3.8) is 0 Å². The minimum absolute atomic E-state index is 0.774. The summed E-state index contributed by atoms with van der Waals surface area (Å²) in [6, 6.07) is 0. The summed E-state index contributed by atoms with van der Waals surface area (Å²) in [5.41, 5.74) is 0. The monoisotopic (exact) mass is 284 g/mol. The molecule has 0 saturated carbocycles. The maximum absolute atomic E-state index is 3.53. The first kappa shape index (κ1) is 19.9. The third kappa shape index (κ3) is 14.3. The normalized spacial score (nSPS) is 12.3. The van der Waals surface area contributed by atoms with E-state index in [0.717, 1.165) is 24.3 Å². The van der Waals surface area contributed by atoms with E-state index >= 15 is 0 Å². The summed E-state index contributed by atoms with van der Waals surface area (Å²) in [6.07, 6.45) is 5.46. The Morgan fingerprint density at radius 3 is 1.75 bits per heavy atom. The first-order chi connectivity index (χ1) is 9.41. The molecule has 0 aromatic carbocycles. The summed E-state index contributed by atoms with van der Waals surface area (Å²) in [5.74, 6) is 2.35. The Labute approximate surface area is 128 Å². The fraction of sp³-hybridized carbons (Fsp3) is 1.00. The van der Waals surface area contributed by atoms with E-state index in [1.165, 1.54) is 51.9 Å². The average molecular weight is 285 g/mol. The number of unbranched alkanes of at least 4 members (excludes halogenated alkanes) is 3. The van der Waals surface area contributed by atoms with Gasteiger partial charge in [0.15, 0.2) is 0 Å². The van der Waals surface area contributed by atoms with Crippen molar-refractivity contribution < 1.29 is 0 Å². The molecular formula is C18H40N2. The lowest BCUT2D eigenvalue weighted by atomic mass is 10.1. The Kier molecular flexibility index (Phi) is 12.6. The topological polar surface area (TPSA) is 15.3 Å². The molecule has 0 bridgehead atoms. The molecule has 2 heteroatoms. The van der Waals surface area contributed by atoms with Crippen molar-refractivity contribution in [3.05, 3.63) is 0 Å². The standard InChI is InChI=1S/C18H40N2/c1-16(2)13-19-11-9-7-8-10-12-20(14-17(3)4)15-18(5)6/h16-19H,7-15H2,1-6H3. The average Bonchev–Trinajstić information content (AvgIpc) is 2.30. The molecular weight excluding hydrogens is 244 g/mol. The molecule has 0 aliphatic rings. The highest BCUT2D eigenvalue weighted by Crippen LogP contribution is 2.07. The summed E-state index contributed by atoms with van der Waals surface area (Å²) in [5, 5.41) is 3.53. The zero-order valence-electron chi connectivity index (χ0n) is 15.0. The Morgan fingerprint density at radius 2 is 1.25 bits per heavy atom. The molecule has 0 fully saturated rings. The van der Waals surface area contributed by atoms with Gasteiger partial charge in [-0.25, -0.2) is 0 Å². The van der Waals surface area contributed by atoms with Crippen LogP contribution in [0.15, 0.2) is 0 Å². The Balaban J connectivity index is 3.53. The van der Waals surface area contributed by atoms with Gasteiger partial charge in [0.25, 0.3) is 0 Å². The molecule has 0 saturated heterocycles. The minimum atomic E-state index is 0.774. The van der Waals surface area contributed by atoms with Crippen LogP contribution in [0.5, 0.6) is 0 Å². The second-order valence-corrected chi connectivity index (χ2v) is 7.56. The fourth-order valence-corrected chi connectivity index (χ4v) is 2.62. The highest BCUT2D eigenvalue weighted by atomic mass is 15.1. The van der Waals surface area contributed by atoms with Crippen molar-refractivity contribution in [2.45, 2.75) is 67.2 Å². The number of hydrogen-bond acceptors (Lipinski definition) is 2. The third-order valence-electron chi connectivity index (χ3n) is 3.38. The lowest BCUT2D eigenvalue weighted by Gasteiger charge is -2.26. The van der Waals surface area contributed by atoms with Gasteiger partial charge in [0, 0.05) is 13.1 Å². The van der Waals surface area contributed by atoms with Crippen LogP contribution in [-0.2, 0) is 0 Å². The molecule has 2 nitrogen and oxygen atoms in total. The van der Waals surface area contributed by atoms with Crippen molar-refractivity contribution >= 4 is 0 Å². The summed E-state index contributed by atoms with van der Waals surface area (Å²) in [6.45, 7) is 20.0. The molecule has 0 rings (SSSR count). The van der Waals surface area contributed by atoms with E-state index in [2.05, 4.69) is 51.8 Å². The van der Waals surface area contributed by atoms with E-state index in [1.807, 2.05) is 0 Å². The van der Waals surface area contributed by atoms with Crippen molar-refractivity contribution in [1.82, 2.24) is 10.2 Å². The van der Waals surface area contributed by atoms with Gasteiger partial charge in [-0.1, -0.05) is 54.4 Å². The van der Waals surface area contributed by atoms with E-state index in [4.69, 9.17) is 0 Å². The number of nitrogens with zero attached hydrogens (tertiary/aromatic N) is 1. The number of hydrogen-bond donors (Lipinski definition) is 1. The van der Waals surface area contributed by atoms with Gasteiger partial charge < -0.3 is 10.2 Å². The highest BCUT2D eigenvalue weighted by molar-refractivity contribution is 4.63. The summed E-state index contributed by atoms with van der Waals surface area (Å²) in [4.78, 5) is 2.66. The smallest absolute Gasteiger partial charge is 0.000449 e. The second-order valence-electron chi connectivity index (χ2n) is 7.56. The quantitative estimate of drug-likeness (QED) is 0.504. The van der Waals surface area contributed by atoms with Crippen LogP contribution in [0, 0.1) is 17.8 Å². The van der Waals surface area contributed by atoms with Crippen molar-refractivity contribution in [3.8, 4) is 0 Å². The van der Waals surface area contributed by atoms with Crippen molar-refractivity contribution in [2.24, 2.45) is 17.8 Å². The van der Waals surface area contributed by atoms with E-state index in [1.54, 1.807) is 0 Å². The SMILES string of the molecule is CC(C)CNCCCCCCN(CC(C)C)CC(C)C. The van der Waals surface area contributed by atoms with E-state index in [9.17, 15) is 0 Å². The molecule has 0 aliphatic carbocycles. The van der Waals surface area contributed by atoms with Crippen LogP contribution in [0.4, 0.5) is 0 Å². The maximum atomic E-state index is 3.53. The van der Waals surface area contributed by atoms with Crippen LogP contribution in [0.1, 0.15) is 67.2 Å². The first-order valence-corrected chi connectivity index (χ1v) is 8.84. The molecule has 122 valence electrons. The summed E-state index contributed by atoms with van der Waals surface area (Å²) in [7, 11) is 0. The molecule has 0 radical (unpaired) electrons. The van der Waals surface area contributed by atoms with E-state index in [-0.39, 0.29) is 0 Å². The molecule has 0 spiro atoms. The Hall–Kier alpha value is -0.0800. The number of rotatable bonds is 13. The van der Waals surface area contributed by atoms with Crippen LogP contribution >= 0.6 is 0 Å². The van der Waals surface area contributed by atoms with Gasteiger partial charge in [-0.05, 0) is 50.2 Å². The summed E-state index contributed by atoms with van der Waals surface area (Å²) >= 11 is 0. The zero-order chi connectivity index (χ0) is 15.4. The predicted octanol–water partition coefficient (Wildman–Crippen LogP) is 4.41. The van der Waals surface area contributed by atoms with Gasteiger partial charge in [0.1, 0.15) is 0 Å². The van der Waals surface area contributed by atoms with Crippen LogP contribution in [0.2, 0.25) is 0 Å². The van der Waals surface area contributed by atoms with Gasteiger partial charge in [0.05, 0.1) is 0 Å². The summed E-state index contributed by atoms with van der Waals surface area (Å²) < 4.78 is 0. The minimum Gasteiger partial charge on any atom is -0.316 e. The zero-order valence-corrected chi connectivity index (χ0v) is 15.0. The van der Waals surface area contributed by atoms with Gasteiger partial charge in [-0.2, -0.15) is 0 Å². The molecule has 0 unspecified atom stereocenters. The van der Waals surface area contributed by atoms with E-state index in [0.29, 0.717) is 0 Å². The van der Waals surface area contributed by atoms with Crippen LogP contribution in [0.3, 0.4) is 0 Å². The second kappa shape index (κ2) is 12.6. The molecule has 1 N–H and O–H groups in total. The lowest BCUT2D eigenvalue weighted by molar-refractivity contribution is 0.215. The molecule has 20 heavy (non-hydrogen) atoms. The molecule has 0 aromatic heterocycles. The first-order valence-electron chi connectivity index (χ1n) is 8.84. The van der Waals surface area contributed by atoms with Gasteiger partial charge in [-0.3, -0.25) is 0 Å². The van der Waals surface area contributed by atoms with E-state index < -0.39 is 0 Å². The van der Waals surface area contributed by atoms with Crippen molar-refractivity contribution in [2.75, 3.05) is 32.7 Å². The van der Waals surface area contributed by atoms with Crippen LogP contribution in [0.25, 0.3) is 0 Å². The molecule has 0 aromatic rings. The maximum Gasteiger partial charge on any atom is 0.000449 e. The van der Waals surface area contributed by atoms with Gasteiger partial charge in [-0.15, -0.1) is 0 Å². The molecule has 0 atom stereocenters. The van der Waals surface area contributed by atoms with Crippen LogP contribution in [-0.4, -0.2) is 37.6 Å². The van der Waals surface area contributed by atoms with Gasteiger partial charge in [0.2, 0.25) is 0 Å². The molecule has 0 heterocycles. The third-order valence-corrected chi connectivity index (χ3v) is 3.38. The predicted molar refractivity (Wildman–Crippen MR) is 92.3 cm³/mol. The van der Waals surface area contributed by atoms with Gasteiger partial charge >= 0.3 is 0 Å². The Bertz CT molecular complexity index is 190. The Morgan fingerprint density at radius 1 is 0.700 bits per heavy atom. The molecule has 0 amide bonds. The molecule has 0 aliphatic heterocycles. The number of nitrogens with one attached hydrogen (secondary N) is 1.